The van der Waals surface area contributed by atoms with Gasteiger partial charge in [0.2, 0.25) is 5.91 Å². The van der Waals surface area contributed by atoms with Crippen molar-refractivity contribution >= 4 is 16.9 Å². The SMILES string of the molecule is NC(=O)CCCN1CCN(n2c(=O)[nH]c3ccccc32)CC1. The van der Waals surface area contributed by atoms with Gasteiger partial charge in [0.25, 0.3) is 0 Å². The Balaban J connectivity index is 1.64. The summed E-state index contributed by atoms with van der Waals surface area (Å²) in [5.74, 6) is -0.246. The lowest BCUT2D eigenvalue weighted by molar-refractivity contribution is -0.118. The van der Waals surface area contributed by atoms with E-state index >= 15 is 0 Å². The lowest BCUT2D eigenvalue weighted by Gasteiger charge is -2.36. The van der Waals surface area contributed by atoms with Crippen molar-refractivity contribution in [2.75, 3.05) is 37.7 Å². The summed E-state index contributed by atoms with van der Waals surface area (Å²) in [7, 11) is 0. The van der Waals surface area contributed by atoms with Gasteiger partial charge in [-0.1, -0.05) is 12.1 Å². The van der Waals surface area contributed by atoms with Crippen LogP contribution in [0.15, 0.2) is 29.1 Å². The highest BCUT2D eigenvalue weighted by Gasteiger charge is 2.20. The van der Waals surface area contributed by atoms with Gasteiger partial charge in [0, 0.05) is 32.6 Å². The van der Waals surface area contributed by atoms with E-state index in [9.17, 15) is 9.59 Å². The Bertz CT molecular complexity index is 712. The van der Waals surface area contributed by atoms with Gasteiger partial charge in [-0.2, -0.15) is 0 Å². The van der Waals surface area contributed by atoms with Gasteiger partial charge < -0.3 is 15.7 Å². The van der Waals surface area contributed by atoms with Gasteiger partial charge in [-0.3, -0.25) is 9.69 Å². The molecule has 0 bridgehead atoms. The van der Waals surface area contributed by atoms with Gasteiger partial charge in [0.1, 0.15) is 0 Å². The lowest BCUT2D eigenvalue weighted by Crippen LogP contribution is -2.53. The van der Waals surface area contributed by atoms with E-state index in [0.717, 1.165) is 50.2 Å². The van der Waals surface area contributed by atoms with Crippen molar-refractivity contribution < 1.29 is 4.79 Å². The summed E-state index contributed by atoms with van der Waals surface area (Å²) in [4.78, 5) is 28.1. The molecule has 1 aromatic heterocycles. The molecule has 1 amide bonds. The summed E-state index contributed by atoms with van der Waals surface area (Å²) in [6.45, 7) is 4.21. The molecule has 2 heterocycles. The molecule has 0 saturated carbocycles. The Morgan fingerprint density at radius 3 is 2.64 bits per heavy atom. The number of carbonyl (C=O) groups is 1. The Kier molecular flexibility index (Phi) is 4.15. The zero-order valence-corrected chi connectivity index (χ0v) is 12.5. The van der Waals surface area contributed by atoms with Gasteiger partial charge in [0.15, 0.2) is 0 Å². The molecule has 0 spiro atoms. The number of piperazine rings is 1. The summed E-state index contributed by atoms with van der Waals surface area (Å²) >= 11 is 0. The maximum Gasteiger partial charge on any atom is 0.345 e. The normalized spacial score (nSPS) is 16.3. The van der Waals surface area contributed by atoms with Crippen molar-refractivity contribution in [1.29, 1.82) is 0 Å². The highest BCUT2D eigenvalue weighted by Crippen LogP contribution is 2.11. The maximum absolute atomic E-state index is 12.2. The van der Waals surface area contributed by atoms with Gasteiger partial charge in [-0.05, 0) is 25.1 Å². The average molecular weight is 303 g/mol. The number of fused-ring (bicyclic) bond motifs is 1. The van der Waals surface area contributed by atoms with Crippen molar-refractivity contribution in [1.82, 2.24) is 14.6 Å². The highest BCUT2D eigenvalue weighted by molar-refractivity contribution is 5.75. The van der Waals surface area contributed by atoms with Crippen LogP contribution in [0.5, 0.6) is 0 Å². The number of nitrogens with zero attached hydrogens (tertiary/aromatic N) is 3. The topological polar surface area (TPSA) is 87.4 Å². The largest absolute Gasteiger partial charge is 0.370 e. The van der Waals surface area contributed by atoms with E-state index in [-0.39, 0.29) is 11.6 Å². The zero-order valence-electron chi connectivity index (χ0n) is 12.5. The first kappa shape index (κ1) is 14.6. The Morgan fingerprint density at radius 1 is 1.18 bits per heavy atom. The summed E-state index contributed by atoms with van der Waals surface area (Å²) in [5, 5.41) is 2.08. The quantitative estimate of drug-likeness (QED) is 0.804. The molecule has 118 valence electrons. The molecule has 1 fully saturated rings. The second kappa shape index (κ2) is 6.23. The number of imidazole rings is 1. The van der Waals surface area contributed by atoms with Gasteiger partial charge in [0.05, 0.1) is 11.0 Å². The van der Waals surface area contributed by atoms with Crippen LogP contribution in [0.3, 0.4) is 0 Å². The Hall–Kier alpha value is -2.28. The maximum atomic E-state index is 12.2. The van der Waals surface area contributed by atoms with Crippen LogP contribution < -0.4 is 16.4 Å². The average Bonchev–Trinajstić information content (AvgIpc) is 2.83. The number of H-pyrrole nitrogens is 1. The fourth-order valence-electron chi connectivity index (χ4n) is 2.96. The van der Waals surface area contributed by atoms with Crippen LogP contribution in [0.2, 0.25) is 0 Å². The predicted molar refractivity (Wildman–Crippen MR) is 85.4 cm³/mol. The number of primary amides is 1. The van der Waals surface area contributed by atoms with E-state index in [1.807, 2.05) is 24.3 Å². The number of rotatable bonds is 5. The molecule has 1 aromatic carbocycles. The standard InChI is InChI=1S/C15H21N5O2/c16-14(21)6-3-7-18-8-10-19(11-9-18)20-13-5-2-1-4-12(13)17-15(20)22/h1-2,4-5H,3,6-11H2,(H2,16,21)(H,17,22). The monoisotopic (exact) mass is 303 g/mol. The molecule has 1 aliphatic heterocycles. The molecule has 22 heavy (non-hydrogen) atoms. The molecule has 1 saturated heterocycles. The molecule has 3 rings (SSSR count). The van der Waals surface area contributed by atoms with Crippen molar-refractivity contribution in [2.45, 2.75) is 12.8 Å². The van der Waals surface area contributed by atoms with E-state index in [0.29, 0.717) is 6.42 Å². The van der Waals surface area contributed by atoms with E-state index in [1.165, 1.54) is 0 Å². The van der Waals surface area contributed by atoms with Gasteiger partial charge >= 0.3 is 5.69 Å². The minimum absolute atomic E-state index is 0.0941. The number of nitrogens with two attached hydrogens (primary N) is 1. The van der Waals surface area contributed by atoms with Gasteiger partial charge in [-0.15, -0.1) is 0 Å². The fraction of sp³-hybridized carbons (Fsp3) is 0.467. The summed E-state index contributed by atoms with van der Waals surface area (Å²) in [6, 6.07) is 7.71. The van der Waals surface area contributed by atoms with Crippen molar-refractivity contribution in [3.05, 3.63) is 34.7 Å². The molecule has 3 N–H and O–H groups in total. The number of aromatic nitrogens is 2. The van der Waals surface area contributed by atoms with E-state index in [4.69, 9.17) is 5.73 Å². The highest BCUT2D eigenvalue weighted by atomic mass is 16.2. The molecular formula is C15H21N5O2. The van der Waals surface area contributed by atoms with Gasteiger partial charge in [-0.25, -0.2) is 9.47 Å². The molecule has 0 aliphatic carbocycles. The first-order chi connectivity index (χ1) is 10.6. The van der Waals surface area contributed by atoms with Crippen LogP contribution >= 0.6 is 0 Å². The molecule has 0 unspecified atom stereocenters. The summed E-state index contributed by atoms with van der Waals surface area (Å²) < 4.78 is 1.73. The van der Waals surface area contributed by atoms with Crippen LogP contribution in [-0.2, 0) is 4.79 Å². The molecule has 0 radical (unpaired) electrons. The second-order valence-corrected chi connectivity index (χ2v) is 5.62. The van der Waals surface area contributed by atoms with Crippen molar-refractivity contribution in [2.24, 2.45) is 5.73 Å². The van der Waals surface area contributed by atoms with Crippen molar-refractivity contribution in [3.8, 4) is 0 Å². The zero-order chi connectivity index (χ0) is 15.5. The number of para-hydroxylation sites is 2. The number of aromatic amines is 1. The lowest BCUT2D eigenvalue weighted by atomic mass is 10.2. The third-order valence-corrected chi connectivity index (χ3v) is 4.10. The van der Waals surface area contributed by atoms with Crippen LogP contribution in [0.4, 0.5) is 0 Å². The minimum Gasteiger partial charge on any atom is -0.370 e. The van der Waals surface area contributed by atoms with Crippen LogP contribution in [0, 0.1) is 0 Å². The van der Waals surface area contributed by atoms with Crippen LogP contribution in [0.25, 0.3) is 11.0 Å². The van der Waals surface area contributed by atoms with Crippen molar-refractivity contribution in [3.63, 3.8) is 0 Å². The predicted octanol–water partition coefficient (Wildman–Crippen LogP) is -0.151. The van der Waals surface area contributed by atoms with E-state index in [1.54, 1.807) is 4.68 Å². The minimum atomic E-state index is -0.246. The third-order valence-electron chi connectivity index (χ3n) is 4.10. The van der Waals surface area contributed by atoms with E-state index < -0.39 is 0 Å². The number of benzene rings is 1. The first-order valence-electron chi connectivity index (χ1n) is 7.61. The summed E-state index contributed by atoms with van der Waals surface area (Å²) in [5.41, 5.74) is 6.83. The number of hydrogen-bond donors (Lipinski definition) is 2. The molecule has 7 heteroatoms. The Labute approximate surface area is 128 Å². The number of hydrogen-bond acceptors (Lipinski definition) is 4. The number of nitrogens with one attached hydrogen (secondary N) is 1. The van der Waals surface area contributed by atoms with Crippen LogP contribution in [-0.4, -0.2) is 53.2 Å². The smallest absolute Gasteiger partial charge is 0.345 e. The van der Waals surface area contributed by atoms with E-state index in [2.05, 4.69) is 14.9 Å². The summed E-state index contributed by atoms with van der Waals surface area (Å²) in [6.07, 6.45) is 1.23. The third kappa shape index (κ3) is 2.99. The molecule has 2 aromatic rings. The van der Waals surface area contributed by atoms with Crippen LogP contribution in [0.1, 0.15) is 12.8 Å². The molecular weight excluding hydrogens is 282 g/mol. The Morgan fingerprint density at radius 2 is 1.91 bits per heavy atom. The molecule has 7 nitrogen and oxygen atoms in total. The molecule has 1 aliphatic rings. The second-order valence-electron chi connectivity index (χ2n) is 5.62. The number of carbonyl (C=O) groups excluding carboxylic acids is 1. The first-order valence-corrected chi connectivity index (χ1v) is 7.61. The number of amides is 1. The molecule has 0 atom stereocenters. The fourth-order valence-corrected chi connectivity index (χ4v) is 2.96.